The molecule has 0 fully saturated rings. The molecule has 0 aliphatic heterocycles. The normalized spacial score (nSPS) is 10.7. The van der Waals surface area contributed by atoms with Crippen LogP contribution < -0.4 is 4.90 Å². The Bertz CT molecular complexity index is 930. The highest BCUT2D eigenvalue weighted by Crippen LogP contribution is 2.32. The van der Waals surface area contributed by atoms with Gasteiger partial charge >= 0.3 is 0 Å². The van der Waals surface area contributed by atoms with E-state index < -0.39 is 0 Å². The fourth-order valence-corrected chi connectivity index (χ4v) is 3.38. The number of para-hydroxylation sites is 1. The third-order valence-corrected chi connectivity index (χ3v) is 5.12. The van der Waals surface area contributed by atoms with Gasteiger partial charge in [-0.1, -0.05) is 41.6 Å². The van der Waals surface area contributed by atoms with Crippen molar-refractivity contribution in [2.75, 3.05) is 17.7 Å². The topological polar surface area (TPSA) is 71.2 Å². The van der Waals surface area contributed by atoms with Crippen molar-refractivity contribution >= 4 is 35.0 Å². The number of halogens is 1. The Hall–Kier alpha value is -2.51. The van der Waals surface area contributed by atoms with E-state index in [0.29, 0.717) is 21.6 Å². The number of hydrogen-bond donors (Lipinski definition) is 1. The van der Waals surface area contributed by atoms with Crippen LogP contribution in [0.3, 0.4) is 0 Å². The maximum Gasteiger partial charge on any atom is 0.237 e. The number of phenols is 1. The first kappa shape index (κ1) is 18.3. The van der Waals surface area contributed by atoms with Gasteiger partial charge in [0, 0.05) is 24.8 Å². The van der Waals surface area contributed by atoms with Crippen LogP contribution in [-0.4, -0.2) is 38.6 Å². The summed E-state index contributed by atoms with van der Waals surface area (Å²) in [5.41, 5.74) is 1.33. The van der Waals surface area contributed by atoms with Crippen molar-refractivity contribution in [2.24, 2.45) is 7.05 Å². The molecule has 26 heavy (non-hydrogen) atoms. The van der Waals surface area contributed by atoms with E-state index in [9.17, 15) is 9.90 Å². The highest BCUT2D eigenvalue weighted by Gasteiger charge is 2.17. The molecule has 0 saturated carbocycles. The first-order chi connectivity index (χ1) is 12.5. The molecule has 0 spiro atoms. The predicted molar refractivity (Wildman–Crippen MR) is 104 cm³/mol. The van der Waals surface area contributed by atoms with Gasteiger partial charge in [-0.15, -0.1) is 10.2 Å². The number of benzene rings is 2. The van der Waals surface area contributed by atoms with Gasteiger partial charge in [0.15, 0.2) is 11.0 Å². The highest BCUT2D eigenvalue weighted by molar-refractivity contribution is 7.99. The summed E-state index contributed by atoms with van der Waals surface area (Å²) >= 11 is 7.28. The number of aromatic nitrogens is 3. The Morgan fingerprint density at radius 3 is 2.69 bits per heavy atom. The fraction of sp³-hybridized carbons (Fsp3) is 0.167. The molecule has 3 rings (SSSR count). The van der Waals surface area contributed by atoms with E-state index >= 15 is 0 Å². The van der Waals surface area contributed by atoms with Gasteiger partial charge in [-0.2, -0.15) is 0 Å². The lowest BCUT2D eigenvalue weighted by molar-refractivity contribution is -0.115. The molecule has 0 bridgehead atoms. The molecule has 8 heteroatoms. The van der Waals surface area contributed by atoms with Crippen molar-refractivity contribution in [1.29, 1.82) is 0 Å². The van der Waals surface area contributed by atoms with Crippen molar-refractivity contribution in [3.63, 3.8) is 0 Å². The molecule has 0 atom stereocenters. The number of hydrogen-bond acceptors (Lipinski definition) is 5. The Labute approximate surface area is 160 Å². The van der Waals surface area contributed by atoms with Crippen LogP contribution in [0.4, 0.5) is 5.69 Å². The maximum atomic E-state index is 12.4. The van der Waals surface area contributed by atoms with E-state index in [1.54, 1.807) is 35.7 Å². The summed E-state index contributed by atoms with van der Waals surface area (Å²) in [7, 11) is 3.52. The lowest BCUT2D eigenvalue weighted by atomic mass is 10.2. The number of nitrogens with zero attached hydrogens (tertiary/aromatic N) is 4. The van der Waals surface area contributed by atoms with E-state index in [0.717, 1.165) is 5.69 Å². The summed E-state index contributed by atoms with van der Waals surface area (Å²) in [5, 5.41) is 19.3. The molecule has 3 aromatic rings. The Balaban J connectivity index is 1.73. The summed E-state index contributed by atoms with van der Waals surface area (Å²) in [6, 6.07) is 14.2. The van der Waals surface area contributed by atoms with Gasteiger partial charge in [0.25, 0.3) is 0 Å². The van der Waals surface area contributed by atoms with Crippen LogP contribution in [0.2, 0.25) is 5.02 Å². The van der Waals surface area contributed by atoms with Crippen LogP contribution in [0.1, 0.15) is 0 Å². The molecule has 0 aliphatic rings. The molecule has 6 nitrogen and oxygen atoms in total. The van der Waals surface area contributed by atoms with Crippen LogP contribution in [-0.2, 0) is 11.8 Å². The maximum absolute atomic E-state index is 12.4. The van der Waals surface area contributed by atoms with E-state index in [4.69, 9.17) is 11.6 Å². The van der Waals surface area contributed by atoms with Gasteiger partial charge in [0.1, 0.15) is 5.75 Å². The van der Waals surface area contributed by atoms with E-state index in [1.807, 2.05) is 30.3 Å². The van der Waals surface area contributed by atoms with Gasteiger partial charge in [0.05, 0.1) is 11.3 Å². The zero-order valence-corrected chi connectivity index (χ0v) is 15.8. The molecular weight excluding hydrogens is 372 g/mol. The summed E-state index contributed by atoms with van der Waals surface area (Å²) in [5.74, 6) is 0.730. The number of anilines is 1. The molecule has 0 aliphatic carbocycles. The predicted octanol–water partition coefficient (Wildman–Crippen LogP) is 3.60. The summed E-state index contributed by atoms with van der Waals surface area (Å²) in [6.45, 7) is 0. The van der Waals surface area contributed by atoms with Gasteiger partial charge in [-0.05, 0) is 30.3 Å². The Morgan fingerprint density at radius 2 is 1.96 bits per heavy atom. The fourth-order valence-electron chi connectivity index (χ4n) is 2.38. The van der Waals surface area contributed by atoms with Crippen LogP contribution in [0.5, 0.6) is 5.75 Å². The van der Waals surface area contributed by atoms with Crippen molar-refractivity contribution in [3.05, 3.63) is 53.6 Å². The Kier molecular flexibility index (Phi) is 5.49. The molecule has 1 amide bonds. The van der Waals surface area contributed by atoms with Crippen LogP contribution in [0.25, 0.3) is 11.4 Å². The summed E-state index contributed by atoms with van der Waals surface area (Å²) in [4.78, 5) is 14.0. The van der Waals surface area contributed by atoms with Crippen molar-refractivity contribution in [1.82, 2.24) is 14.8 Å². The van der Waals surface area contributed by atoms with Gasteiger partial charge in [-0.3, -0.25) is 4.79 Å². The monoisotopic (exact) mass is 388 g/mol. The third kappa shape index (κ3) is 3.84. The average Bonchev–Trinajstić information content (AvgIpc) is 3.02. The molecule has 1 heterocycles. The molecule has 134 valence electrons. The second-order valence-electron chi connectivity index (χ2n) is 5.60. The molecular formula is C18H17ClN4O2S. The second kappa shape index (κ2) is 7.80. The standard InChI is InChI=1S/C18H17ClN4O2S/c1-22(13-6-4-3-5-7-13)16(25)11-26-18-21-20-17(23(18)2)14-10-12(19)8-9-15(14)24/h3-10,24H,11H2,1-2H3. The average molecular weight is 389 g/mol. The quantitative estimate of drug-likeness (QED) is 0.676. The van der Waals surface area contributed by atoms with E-state index in [1.165, 1.54) is 17.8 Å². The number of phenolic OH excluding ortho intramolecular Hbond substituents is 1. The minimum absolute atomic E-state index is 0.0450. The molecule has 0 saturated heterocycles. The third-order valence-electron chi connectivity index (χ3n) is 3.88. The van der Waals surface area contributed by atoms with Crippen LogP contribution in [0.15, 0.2) is 53.7 Å². The van der Waals surface area contributed by atoms with Gasteiger partial charge in [0.2, 0.25) is 5.91 Å². The number of aromatic hydroxyl groups is 1. The smallest absolute Gasteiger partial charge is 0.237 e. The number of carbonyl (C=O) groups excluding carboxylic acids is 1. The first-order valence-electron chi connectivity index (χ1n) is 7.80. The zero-order chi connectivity index (χ0) is 18.7. The molecule has 0 unspecified atom stereocenters. The van der Waals surface area contributed by atoms with Crippen LogP contribution in [0, 0.1) is 0 Å². The highest BCUT2D eigenvalue weighted by atomic mass is 35.5. The number of amides is 1. The summed E-state index contributed by atoms with van der Waals surface area (Å²) in [6.07, 6.45) is 0. The van der Waals surface area contributed by atoms with E-state index in [2.05, 4.69) is 10.2 Å². The zero-order valence-electron chi connectivity index (χ0n) is 14.3. The van der Waals surface area contributed by atoms with Crippen LogP contribution >= 0.6 is 23.4 Å². The van der Waals surface area contributed by atoms with Crippen molar-refractivity contribution < 1.29 is 9.90 Å². The summed E-state index contributed by atoms with van der Waals surface area (Å²) < 4.78 is 1.73. The minimum atomic E-state index is -0.0450. The van der Waals surface area contributed by atoms with Crippen molar-refractivity contribution in [3.8, 4) is 17.1 Å². The lowest BCUT2D eigenvalue weighted by Gasteiger charge is -2.16. The number of carbonyl (C=O) groups is 1. The minimum Gasteiger partial charge on any atom is -0.507 e. The van der Waals surface area contributed by atoms with Crippen molar-refractivity contribution in [2.45, 2.75) is 5.16 Å². The number of thioether (sulfide) groups is 1. The largest absolute Gasteiger partial charge is 0.507 e. The SMILES string of the molecule is CN(C(=O)CSc1nnc(-c2cc(Cl)ccc2O)n1C)c1ccccc1. The van der Waals surface area contributed by atoms with Gasteiger partial charge in [-0.25, -0.2) is 0 Å². The molecule has 1 aromatic heterocycles. The lowest BCUT2D eigenvalue weighted by Crippen LogP contribution is -2.27. The number of rotatable bonds is 5. The molecule has 1 N–H and O–H groups in total. The van der Waals surface area contributed by atoms with E-state index in [-0.39, 0.29) is 17.4 Å². The van der Waals surface area contributed by atoms with Gasteiger partial charge < -0.3 is 14.6 Å². The molecule has 2 aromatic carbocycles. The Morgan fingerprint density at radius 1 is 1.23 bits per heavy atom. The first-order valence-corrected chi connectivity index (χ1v) is 9.16. The second-order valence-corrected chi connectivity index (χ2v) is 6.98. The molecule has 0 radical (unpaired) electrons.